The molecule has 0 bridgehead atoms. The van der Waals surface area contributed by atoms with Gasteiger partial charge in [-0.3, -0.25) is 0 Å². The molecule has 0 spiro atoms. The van der Waals surface area contributed by atoms with Gasteiger partial charge in [-0.15, -0.1) is 0 Å². The van der Waals surface area contributed by atoms with E-state index in [1.807, 2.05) is 29.6 Å². The maximum atomic E-state index is 6.88. The summed E-state index contributed by atoms with van der Waals surface area (Å²) in [5, 5.41) is 6.56. The summed E-state index contributed by atoms with van der Waals surface area (Å²) < 4.78 is 16.2. The third kappa shape index (κ3) is 4.55. The highest BCUT2D eigenvalue weighted by Gasteiger charge is 2.39. The van der Waals surface area contributed by atoms with Crippen molar-refractivity contribution in [1.29, 1.82) is 0 Å². The van der Waals surface area contributed by atoms with Gasteiger partial charge in [0.05, 0.1) is 27.2 Å². The highest BCUT2D eigenvalue weighted by molar-refractivity contribution is 8.01. The lowest BCUT2D eigenvalue weighted by molar-refractivity contribution is 0.665. The SMILES string of the molecule is c1ccc(-c2ccc3c(c2)Sc2cc(-n4c5ccccc5c5c6oc7ccccc7c6c6oc7ccccc7c6c54)cc4c2B3c2ccc(-c3ccccc3)cc2S4)cc1. The lowest BCUT2D eigenvalue weighted by Gasteiger charge is -2.34. The van der Waals surface area contributed by atoms with Gasteiger partial charge in [0.25, 0.3) is 0 Å². The molecule has 0 saturated carbocycles. The predicted molar refractivity (Wildman–Crippen MR) is 252 cm³/mol. The number of benzene rings is 9. The smallest absolute Gasteiger partial charge is 0.247 e. The number of aromatic nitrogens is 1. The van der Waals surface area contributed by atoms with E-state index >= 15 is 0 Å². The van der Waals surface area contributed by atoms with E-state index in [2.05, 4.69) is 180 Å². The van der Waals surface area contributed by atoms with Crippen molar-refractivity contribution in [3.05, 3.63) is 182 Å². The lowest BCUT2D eigenvalue weighted by Crippen LogP contribution is -2.58. The highest BCUT2D eigenvalue weighted by Crippen LogP contribution is 2.50. The molecule has 0 unspecified atom stereocenters. The van der Waals surface area contributed by atoms with Crippen LogP contribution in [0.1, 0.15) is 0 Å². The van der Waals surface area contributed by atoms with E-state index in [1.165, 1.54) is 58.2 Å². The molecule has 0 radical (unpaired) electrons. The van der Waals surface area contributed by atoms with Gasteiger partial charge < -0.3 is 13.4 Å². The molecule has 0 amide bonds. The Morgan fingerprint density at radius 1 is 0.400 bits per heavy atom. The zero-order valence-electron chi connectivity index (χ0n) is 32.0. The maximum absolute atomic E-state index is 6.88. The second kappa shape index (κ2) is 12.3. The summed E-state index contributed by atoms with van der Waals surface area (Å²) in [4.78, 5) is 5.19. The summed E-state index contributed by atoms with van der Waals surface area (Å²) >= 11 is 3.81. The summed E-state index contributed by atoms with van der Waals surface area (Å²) in [6, 6.07) is 66.2. The Bertz CT molecular complexity index is 3640. The monoisotopic (exact) mass is 799 g/mol. The first-order chi connectivity index (χ1) is 29.7. The average molecular weight is 800 g/mol. The van der Waals surface area contributed by atoms with Crippen LogP contribution < -0.4 is 16.4 Å². The number of furan rings is 2. The van der Waals surface area contributed by atoms with Crippen LogP contribution in [0.3, 0.4) is 0 Å². The number of para-hydroxylation sites is 3. The topological polar surface area (TPSA) is 31.2 Å². The maximum Gasteiger partial charge on any atom is 0.247 e. The highest BCUT2D eigenvalue weighted by atomic mass is 32.2. The fourth-order valence-corrected chi connectivity index (χ4v) is 12.7. The van der Waals surface area contributed by atoms with Gasteiger partial charge in [0.15, 0.2) is 0 Å². The summed E-state index contributed by atoms with van der Waals surface area (Å²) in [6.07, 6.45) is 0. The van der Waals surface area contributed by atoms with Gasteiger partial charge in [-0.05, 0) is 70.2 Å². The van der Waals surface area contributed by atoms with E-state index < -0.39 is 0 Å². The van der Waals surface area contributed by atoms with E-state index in [-0.39, 0.29) is 6.71 Å². The van der Waals surface area contributed by atoms with E-state index in [4.69, 9.17) is 8.83 Å². The van der Waals surface area contributed by atoms with Crippen molar-refractivity contribution in [1.82, 2.24) is 4.57 Å². The van der Waals surface area contributed by atoms with Crippen molar-refractivity contribution in [2.75, 3.05) is 0 Å². The minimum atomic E-state index is 0.115. The molecule has 0 fully saturated rings. The third-order valence-corrected chi connectivity index (χ3v) is 15.0. The van der Waals surface area contributed by atoms with Gasteiger partial charge >= 0.3 is 0 Å². The van der Waals surface area contributed by atoms with E-state index in [0.717, 1.165) is 71.4 Å². The van der Waals surface area contributed by atoms with Crippen molar-refractivity contribution in [2.24, 2.45) is 0 Å². The molecule has 2 aliphatic rings. The van der Waals surface area contributed by atoms with Crippen molar-refractivity contribution in [3.63, 3.8) is 0 Å². The lowest BCUT2D eigenvalue weighted by atomic mass is 9.36. The fraction of sp³-hybridized carbons (Fsp3) is 0. The van der Waals surface area contributed by atoms with E-state index in [0.29, 0.717) is 0 Å². The Kier molecular flexibility index (Phi) is 6.79. The molecule has 12 aromatic rings. The van der Waals surface area contributed by atoms with Gasteiger partial charge in [0.1, 0.15) is 22.3 Å². The largest absolute Gasteiger partial charge is 0.455 e. The first-order valence-corrected chi connectivity index (χ1v) is 22.0. The Balaban J connectivity index is 1.08. The number of hydrogen-bond acceptors (Lipinski definition) is 4. The normalized spacial score (nSPS) is 13.2. The van der Waals surface area contributed by atoms with Gasteiger partial charge in [-0.25, -0.2) is 0 Å². The molecule has 5 heterocycles. The van der Waals surface area contributed by atoms with Crippen molar-refractivity contribution in [3.8, 4) is 27.9 Å². The number of nitrogens with zero attached hydrogens (tertiary/aromatic N) is 1. The zero-order chi connectivity index (χ0) is 39.1. The molecule has 278 valence electrons. The van der Waals surface area contributed by atoms with Crippen LogP contribution >= 0.6 is 23.5 Å². The zero-order valence-corrected chi connectivity index (χ0v) is 33.6. The van der Waals surface area contributed by atoms with Crippen molar-refractivity contribution < 1.29 is 8.83 Å². The minimum absolute atomic E-state index is 0.115. The second-order valence-electron chi connectivity index (χ2n) is 15.9. The van der Waals surface area contributed by atoms with Crippen molar-refractivity contribution in [2.45, 2.75) is 19.6 Å². The molecule has 14 rings (SSSR count). The molecule has 0 aliphatic carbocycles. The van der Waals surface area contributed by atoms with Gasteiger partial charge in [0, 0.05) is 41.4 Å². The average Bonchev–Trinajstić information content (AvgIpc) is 3.99. The molecule has 0 saturated heterocycles. The molecule has 60 heavy (non-hydrogen) atoms. The first-order valence-electron chi connectivity index (χ1n) is 20.4. The second-order valence-corrected chi connectivity index (χ2v) is 18.1. The standard InChI is InChI=1S/C54H30BNO2S2/c1-3-13-31(14-4-1)33-23-25-39-44(27-33)59-46-29-35(30-47-51(46)55(39)40-26-24-34(28-45(40)60-47)32-15-5-2-6-16-32)56-41-20-10-7-17-36(41)48-52(56)49-37-18-8-11-21-42(37)57-54(49)50-38-19-9-12-22-43(38)58-53(48)50/h1-30H. The van der Waals surface area contributed by atoms with Crippen LogP contribution in [0.5, 0.6) is 0 Å². The van der Waals surface area contributed by atoms with Crippen LogP contribution in [0.4, 0.5) is 0 Å². The van der Waals surface area contributed by atoms with Crippen LogP contribution in [0.25, 0.3) is 93.6 Å². The molecule has 3 nitrogen and oxygen atoms in total. The Labute approximate surface area is 353 Å². The third-order valence-electron chi connectivity index (χ3n) is 12.7. The molecule has 0 atom stereocenters. The van der Waals surface area contributed by atoms with Crippen LogP contribution in [0.2, 0.25) is 0 Å². The molecular formula is C54H30BNO2S2. The predicted octanol–water partition coefficient (Wildman–Crippen LogP) is 13.4. The Hall–Kier alpha value is -6.86. The fourth-order valence-electron chi connectivity index (χ4n) is 10.1. The molecule has 0 N–H and O–H groups in total. The van der Waals surface area contributed by atoms with Crippen LogP contribution in [0.15, 0.2) is 210 Å². The van der Waals surface area contributed by atoms with E-state index in [1.54, 1.807) is 0 Å². The van der Waals surface area contributed by atoms with Crippen molar-refractivity contribution >= 4 is 112 Å². The van der Waals surface area contributed by atoms with Crippen LogP contribution in [-0.2, 0) is 0 Å². The Morgan fingerprint density at radius 2 is 0.883 bits per heavy atom. The number of rotatable bonds is 3. The number of hydrogen-bond donors (Lipinski definition) is 0. The molecule has 2 aliphatic heterocycles. The summed E-state index contributed by atoms with van der Waals surface area (Å²) in [6.45, 7) is 0.115. The van der Waals surface area contributed by atoms with Crippen LogP contribution in [-0.4, -0.2) is 11.3 Å². The molecule has 9 aromatic carbocycles. The first kappa shape index (κ1) is 33.0. The number of fused-ring (bicyclic) bond motifs is 16. The van der Waals surface area contributed by atoms with Gasteiger partial charge in [-0.1, -0.05) is 174 Å². The molecule has 3 aromatic heterocycles. The van der Waals surface area contributed by atoms with E-state index in [9.17, 15) is 0 Å². The molecule has 6 heteroatoms. The minimum Gasteiger partial charge on any atom is -0.455 e. The van der Waals surface area contributed by atoms with Crippen LogP contribution in [0, 0.1) is 0 Å². The van der Waals surface area contributed by atoms with Gasteiger partial charge in [0.2, 0.25) is 6.71 Å². The summed E-state index contributed by atoms with van der Waals surface area (Å²) in [5.41, 5.74) is 15.9. The summed E-state index contributed by atoms with van der Waals surface area (Å²) in [7, 11) is 0. The molecular weight excluding hydrogens is 770 g/mol. The van der Waals surface area contributed by atoms with Gasteiger partial charge in [-0.2, -0.15) is 0 Å². The quantitative estimate of drug-likeness (QED) is 0.167. The Morgan fingerprint density at radius 3 is 1.47 bits per heavy atom. The summed E-state index contributed by atoms with van der Waals surface area (Å²) in [5.74, 6) is 0.